The Balaban J connectivity index is 2.34. The second-order valence-electron chi connectivity index (χ2n) is 5.76. The zero-order chi connectivity index (χ0) is 19.7. The molecule has 0 aliphatic rings. The quantitative estimate of drug-likeness (QED) is 0.352. The molecule has 2 amide bonds. The Hall–Kier alpha value is -2.87. The van der Waals surface area contributed by atoms with Crippen LogP contribution >= 0.6 is 23.2 Å². The number of nitrogens with one attached hydrogen (secondary N) is 1. The minimum absolute atomic E-state index is 0.166. The van der Waals surface area contributed by atoms with Gasteiger partial charge in [-0.3, -0.25) is 20.0 Å². The van der Waals surface area contributed by atoms with Crippen molar-refractivity contribution in [1.29, 1.82) is 0 Å². The van der Waals surface area contributed by atoms with Crippen molar-refractivity contribution in [2.45, 2.75) is 6.92 Å². The van der Waals surface area contributed by atoms with Crippen LogP contribution in [0.3, 0.4) is 0 Å². The molecule has 0 unspecified atom stereocenters. The molecule has 5 N–H and O–H groups in total. The number of carbonyl (C=O) groups excluding carboxylic acids is 2. The summed E-state index contributed by atoms with van der Waals surface area (Å²) in [6, 6.07) is 6.50. The number of hydrogen-bond acceptors (Lipinski definition) is 4. The summed E-state index contributed by atoms with van der Waals surface area (Å²) in [6.45, 7) is 1.77. The van der Waals surface area contributed by atoms with Gasteiger partial charge in [-0.25, -0.2) is 5.84 Å². The summed E-state index contributed by atoms with van der Waals surface area (Å²) in [4.78, 5) is 28.5. The molecule has 9 heteroatoms. The average Bonchev–Trinajstić information content (AvgIpc) is 3.05. The molecule has 1 aromatic carbocycles. The lowest BCUT2D eigenvalue weighted by Crippen LogP contribution is -2.30. The van der Waals surface area contributed by atoms with Crippen LogP contribution in [-0.2, 0) is 0 Å². The van der Waals surface area contributed by atoms with Crippen molar-refractivity contribution in [2.75, 3.05) is 0 Å². The van der Waals surface area contributed by atoms with E-state index in [0.717, 1.165) is 0 Å². The van der Waals surface area contributed by atoms with E-state index in [1.54, 1.807) is 42.1 Å². The smallest absolute Gasteiger partial charge is 0.266 e. The van der Waals surface area contributed by atoms with Crippen LogP contribution in [0.2, 0.25) is 10.0 Å². The molecule has 0 spiro atoms. The summed E-state index contributed by atoms with van der Waals surface area (Å²) in [7, 11) is 0. The number of nitrogen functional groups attached to an aromatic ring is 1. The van der Waals surface area contributed by atoms with Gasteiger partial charge >= 0.3 is 0 Å². The number of benzene rings is 1. The fourth-order valence-corrected chi connectivity index (χ4v) is 3.49. The van der Waals surface area contributed by atoms with Crippen LogP contribution in [0.15, 0.2) is 42.9 Å². The van der Waals surface area contributed by atoms with Crippen LogP contribution in [0.25, 0.3) is 16.8 Å². The van der Waals surface area contributed by atoms with Crippen molar-refractivity contribution in [3.63, 3.8) is 0 Å². The zero-order valence-electron chi connectivity index (χ0n) is 14.2. The average molecular weight is 404 g/mol. The molecule has 138 valence electrons. The molecule has 0 aliphatic carbocycles. The standard InChI is InChI=1S/C18H15Cl2N5O2/c1-9-6-10(19)7-12(18(27)24-22)15(9)11-3-5-25(16(11)17(21)26)14-2-4-23-8-13(14)20/h2-8H,22H2,1H3,(H2,21,26)(H,24,27). The van der Waals surface area contributed by atoms with Crippen LogP contribution in [0.4, 0.5) is 0 Å². The molecule has 2 aromatic heterocycles. The number of carbonyl (C=O) groups is 2. The third-order valence-electron chi connectivity index (χ3n) is 4.08. The molecule has 0 fully saturated rings. The molecule has 3 rings (SSSR count). The van der Waals surface area contributed by atoms with E-state index in [4.69, 9.17) is 34.8 Å². The van der Waals surface area contributed by atoms with E-state index in [-0.39, 0.29) is 11.3 Å². The molecule has 0 saturated carbocycles. The second-order valence-corrected chi connectivity index (χ2v) is 6.60. The minimum Gasteiger partial charge on any atom is -0.364 e. The second kappa shape index (κ2) is 7.40. The van der Waals surface area contributed by atoms with Gasteiger partial charge in [-0.1, -0.05) is 23.2 Å². The van der Waals surface area contributed by atoms with E-state index in [9.17, 15) is 9.59 Å². The molecule has 0 saturated heterocycles. The summed E-state index contributed by atoms with van der Waals surface area (Å²) in [6.07, 6.45) is 4.66. The molecular formula is C18H15Cl2N5O2. The lowest BCUT2D eigenvalue weighted by molar-refractivity contribution is 0.0952. The lowest BCUT2D eigenvalue weighted by Gasteiger charge is -2.15. The maximum absolute atomic E-state index is 12.3. The number of hydrazine groups is 1. The third kappa shape index (κ3) is 3.40. The van der Waals surface area contributed by atoms with E-state index < -0.39 is 11.8 Å². The van der Waals surface area contributed by atoms with E-state index in [2.05, 4.69) is 10.4 Å². The van der Waals surface area contributed by atoms with E-state index in [0.29, 0.717) is 32.4 Å². The van der Waals surface area contributed by atoms with Gasteiger partial charge in [0.25, 0.3) is 11.8 Å². The Bertz CT molecular complexity index is 1060. The topological polar surface area (TPSA) is 116 Å². The molecule has 0 radical (unpaired) electrons. The van der Waals surface area contributed by atoms with Gasteiger partial charge in [0.1, 0.15) is 5.69 Å². The largest absolute Gasteiger partial charge is 0.364 e. The highest BCUT2D eigenvalue weighted by molar-refractivity contribution is 6.32. The minimum atomic E-state index is -0.684. The van der Waals surface area contributed by atoms with Crippen LogP contribution in [-0.4, -0.2) is 21.4 Å². The molecule has 2 heterocycles. The number of nitrogens with two attached hydrogens (primary N) is 2. The predicted molar refractivity (Wildman–Crippen MR) is 104 cm³/mol. The fraction of sp³-hybridized carbons (Fsp3) is 0.0556. The summed E-state index contributed by atoms with van der Waals surface area (Å²) in [5.74, 6) is 4.08. The first-order valence-electron chi connectivity index (χ1n) is 7.77. The van der Waals surface area contributed by atoms with Gasteiger partial charge in [-0.2, -0.15) is 0 Å². The lowest BCUT2D eigenvalue weighted by atomic mass is 9.94. The van der Waals surface area contributed by atoms with Crippen LogP contribution in [0.1, 0.15) is 26.4 Å². The summed E-state index contributed by atoms with van der Waals surface area (Å²) in [5, 5.41) is 0.710. The Morgan fingerprint density at radius 3 is 2.59 bits per heavy atom. The fourth-order valence-electron chi connectivity index (χ4n) is 3.01. The van der Waals surface area contributed by atoms with Crippen molar-refractivity contribution >= 4 is 35.0 Å². The molecule has 3 aromatic rings. The molecule has 0 bridgehead atoms. The summed E-state index contributed by atoms with van der Waals surface area (Å²) in [5.41, 5.74) is 10.3. The molecule has 7 nitrogen and oxygen atoms in total. The number of nitrogens with zero attached hydrogens (tertiary/aromatic N) is 2. The third-order valence-corrected chi connectivity index (χ3v) is 4.59. The number of aromatic nitrogens is 2. The van der Waals surface area contributed by atoms with Gasteiger partial charge in [-0.15, -0.1) is 0 Å². The van der Waals surface area contributed by atoms with Gasteiger partial charge < -0.3 is 10.3 Å². The highest BCUT2D eigenvalue weighted by atomic mass is 35.5. The molecule has 27 heavy (non-hydrogen) atoms. The van der Waals surface area contributed by atoms with Crippen molar-refractivity contribution in [2.24, 2.45) is 11.6 Å². The highest BCUT2D eigenvalue weighted by Gasteiger charge is 2.24. The van der Waals surface area contributed by atoms with Gasteiger partial charge in [0.2, 0.25) is 0 Å². The summed E-state index contributed by atoms with van der Waals surface area (Å²) >= 11 is 12.3. The first kappa shape index (κ1) is 18.9. The Morgan fingerprint density at radius 1 is 1.22 bits per heavy atom. The summed E-state index contributed by atoms with van der Waals surface area (Å²) < 4.78 is 1.56. The number of primary amides is 1. The zero-order valence-corrected chi connectivity index (χ0v) is 15.7. The molecule has 0 aliphatic heterocycles. The highest BCUT2D eigenvalue weighted by Crippen LogP contribution is 2.35. The predicted octanol–water partition coefficient (Wildman–Crippen LogP) is 2.86. The van der Waals surface area contributed by atoms with E-state index in [1.807, 2.05) is 0 Å². The maximum atomic E-state index is 12.3. The normalized spacial score (nSPS) is 10.7. The first-order valence-corrected chi connectivity index (χ1v) is 8.53. The van der Waals surface area contributed by atoms with Crippen molar-refractivity contribution in [3.8, 4) is 16.8 Å². The Kier molecular flexibility index (Phi) is 5.18. The SMILES string of the molecule is Cc1cc(Cl)cc(C(=O)NN)c1-c1ccn(-c2ccncc2Cl)c1C(N)=O. The number of hydrogen-bond donors (Lipinski definition) is 3. The van der Waals surface area contributed by atoms with Crippen LogP contribution in [0, 0.1) is 6.92 Å². The Labute approximate surface area is 164 Å². The molecule has 0 atom stereocenters. The monoisotopic (exact) mass is 403 g/mol. The van der Waals surface area contributed by atoms with Gasteiger partial charge in [0.15, 0.2) is 0 Å². The van der Waals surface area contributed by atoms with E-state index in [1.165, 1.54) is 12.3 Å². The number of pyridine rings is 1. The van der Waals surface area contributed by atoms with Crippen molar-refractivity contribution in [1.82, 2.24) is 15.0 Å². The number of halogens is 2. The number of rotatable bonds is 4. The number of amides is 2. The van der Waals surface area contributed by atoms with Crippen molar-refractivity contribution in [3.05, 3.63) is 69.7 Å². The van der Waals surface area contributed by atoms with E-state index >= 15 is 0 Å². The number of aryl methyl sites for hydroxylation is 1. The van der Waals surface area contributed by atoms with Crippen molar-refractivity contribution < 1.29 is 9.59 Å². The Morgan fingerprint density at radius 2 is 1.96 bits per heavy atom. The van der Waals surface area contributed by atoms with Gasteiger partial charge in [0, 0.05) is 29.2 Å². The van der Waals surface area contributed by atoms with Gasteiger partial charge in [0.05, 0.1) is 16.3 Å². The molecular weight excluding hydrogens is 389 g/mol. The first-order chi connectivity index (χ1) is 12.8. The van der Waals surface area contributed by atoms with Gasteiger partial charge in [-0.05, 0) is 42.3 Å². The maximum Gasteiger partial charge on any atom is 0.266 e. The van der Waals surface area contributed by atoms with Crippen LogP contribution < -0.4 is 17.0 Å². The van der Waals surface area contributed by atoms with Crippen LogP contribution in [0.5, 0.6) is 0 Å².